The van der Waals surface area contributed by atoms with Crippen LogP contribution in [0.25, 0.3) is 0 Å². The molecular formula is C20H29Cl3N2O2. The minimum atomic E-state index is 0. The summed E-state index contributed by atoms with van der Waals surface area (Å²) in [4.78, 5) is 2.15. The predicted molar refractivity (Wildman–Crippen MR) is 118 cm³/mol. The molecule has 27 heavy (non-hydrogen) atoms. The van der Waals surface area contributed by atoms with Gasteiger partial charge in [0, 0.05) is 30.2 Å². The van der Waals surface area contributed by atoms with E-state index in [4.69, 9.17) is 21.1 Å². The number of hydrogen-bond donors (Lipinski definition) is 1. The first-order valence-electron chi connectivity index (χ1n) is 8.57. The van der Waals surface area contributed by atoms with Crippen molar-refractivity contribution >= 4 is 36.4 Å². The largest absolute Gasteiger partial charge is 0.490 e. The van der Waals surface area contributed by atoms with Crippen molar-refractivity contribution in [3.63, 3.8) is 0 Å². The van der Waals surface area contributed by atoms with E-state index in [0.717, 1.165) is 47.3 Å². The molecule has 4 nitrogen and oxygen atoms in total. The Kier molecular flexibility index (Phi) is 13.3. The van der Waals surface area contributed by atoms with Crippen molar-refractivity contribution in [1.29, 1.82) is 0 Å². The van der Waals surface area contributed by atoms with E-state index in [9.17, 15) is 0 Å². The van der Waals surface area contributed by atoms with Crippen LogP contribution in [0.3, 0.4) is 0 Å². The Morgan fingerprint density at radius 1 is 1.00 bits per heavy atom. The van der Waals surface area contributed by atoms with Gasteiger partial charge in [-0.25, -0.2) is 0 Å². The van der Waals surface area contributed by atoms with E-state index in [-0.39, 0.29) is 24.8 Å². The Morgan fingerprint density at radius 3 is 2.33 bits per heavy atom. The van der Waals surface area contributed by atoms with Gasteiger partial charge in [-0.15, -0.1) is 24.8 Å². The molecule has 0 fully saturated rings. The van der Waals surface area contributed by atoms with Crippen LogP contribution in [0.4, 0.5) is 0 Å². The molecule has 0 atom stereocenters. The molecule has 0 amide bonds. The smallest absolute Gasteiger partial charge is 0.166 e. The quantitative estimate of drug-likeness (QED) is 0.543. The van der Waals surface area contributed by atoms with Crippen LogP contribution in [0.5, 0.6) is 11.5 Å². The van der Waals surface area contributed by atoms with E-state index in [0.29, 0.717) is 13.2 Å². The third kappa shape index (κ3) is 9.04. The van der Waals surface area contributed by atoms with Crippen molar-refractivity contribution in [3.05, 3.63) is 58.6 Å². The highest BCUT2D eigenvalue weighted by Crippen LogP contribution is 2.32. The Morgan fingerprint density at radius 2 is 1.70 bits per heavy atom. The fourth-order valence-electron chi connectivity index (χ4n) is 2.40. The maximum Gasteiger partial charge on any atom is 0.166 e. The topological polar surface area (TPSA) is 33.7 Å². The summed E-state index contributed by atoms with van der Waals surface area (Å²) in [6.45, 7) is 5.71. The summed E-state index contributed by atoms with van der Waals surface area (Å²) in [5, 5.41) is 4.18. The zero-order valence-corrected chi connectivity index (χ0v) is 18.4. The lowest BCUT2D eigenvalue weighted by molar-refractivity contribution is 0.266. The highest BCUT2D eigenvalue weighted by atomic mass is 35.5. The number of rotatable bonds is 10. The fourth-order valence-corrected chi connectivity index (χ4v) is 2.52. The minimum absolute atomic E-state index is 0. The molecule has 0 saturated heterocycles. The Labute approximate surface area is 180 Å². The Balaban J connectivity index is 0.00000338. The number of ether oxygens (including phenoxy) is 2. The van der Waals surface area contributed by atoms with Crippen molar-refractivity contribution < 1.29 is 9.47 Å². The van der Waals surface area contributed by atoms with Crippen molar-refractivity contribution in [3.8, 4) is 11.5 Å². The third-order valence-electron chi connectivity index (χ3n) is 3.71. The first kappa shape index (κ1) is 25.8. The van der Waals surface area contributed by atoms with Crippen LogP contribution in [0.1, 0.15) is 18.1 Å². The summed E-state index contributed by atoms with van der Waals surface area (Å²) in [5.41, 5.74) is 2.17. The van der Waals surface area contributed by atoms with E-state index in [1.165, 1.54) is 0 Å². The molecule has 2 rings (SSSR count). The molecular weight excluding hydrogens is 407 g/mol. The van der Waals surface area contributed by atoms with Crippen molar-refractivity contribution in [2.45, 2.75) is 20.1 Å². The SMILES string of the molecule is CCOc1cccc(CNCCN(C)C)c1OCc1ccc(Cl)cc1.Cl.Cl. The van der Waals surface area contributed by atoms with E-state index in [1.54, 1.807) is 0 Å². The second-order valence-electron chi connectivity index (χ2n) is 6.07. The van der Waals surface area contributed by atoms with Crippen LogP contribution < -0.4 is 14.8 Å². The summed E-state index contributed by atoms with van der Waals surface area (Å²) in [6.07, 6.45) is 0. The molecule has 0 saturated carbocycles. The second kappa shape index (κ2) is 13.9. The molecule has 0 radical (unpaired) electrons. The number of benzene rings is 2. The molecule has 0 heterocycles. The van der Waals surface area contributed by atoms with Crippen molar-refractivity contribution in [2.75, 3.05) is 33.8 Å². The van der Waals surface area contributed by atoms with Gasteiger partial charge in [-0.1, -0.05) is 35.9 Å². The number of nitrogens with one attached hydrogen (secondary N) is 1. The number of nitrogens with zero attached hydrogens (tertiary/aromatic N) is 1. The van der Waals surface area contributed by atoms with E-state index in [2.05, 4.69) is 30.4 Å². The molecule has 0 aromatic heterocycles. The van der Waals surface area contributed by atoms with Gasteiger partial charge in [0.2, 0.25) is 0 Å². The molecule has 7 heteroatoms. The van der Waals surface area contributed by atoms with Gasteiger partial charge in [0.1, 0.15) is 6.61 Å². The molecule has 0 spiro atoms. The molecule has 0 aliphatic heterocycles. The van der Waals surface area contributed by atoms with Crippen molar-refractivity contribution in [2.24, 2.45) is 0 Å². The molecule has 152 valence electrons. The molecule has 0 unspecified atom stereocenters. The second-order valence-corrected chi connectivity index (χ2v) is 6.51. The van der Waals surface area contributed by atoms with E-state index >= 15 is 0 Å². The predicted octanol–water partition coefficient (Wildman–Crippen LogP) is 4.81. The first-order chi connectivity index (χ1) is 12.1. The first-order valence-corrected chi connectivity index (χ1v) is 8.95. The minimum Gasteiger partial charge on any atom is -0.490 e. The molecule has 0 aliphatic rings. The fraction of sp³-hybridized carbons (Fsp3) is 0.400. The highest BCUT2D eigenvalue weighted by molar-refractivity contribution is 6.30. The summed E-state index contributed by atoms with van der Waals surface area (Å²) in [7, 11) is 4.14. The Hall–Kier alpha value is -1.17. The maximum absolute atomic E-state index is 6.11. The molecule has 2 aromatic rings. The van der Waals surface area contributed by atoms with Crippen LogP contribution in [0, 0.1) is 0 Å². The lowest BCUT2D eigenvalue weighted by atomic mass is 10.1. The molecule has 0 aliphatic carbocycles. The third-order valence-corrected chi connectivity index (χ3v) is 3.96. The van der Waals surface area contributed by atoms with Gasteiger partial charge in [-0.2, -0.15) is 0 Å². The normalized spacial score (nSPS) is 10.1. The number of para-hydroxylation sites is 1. The van der Waals surface area contributed by atoms with Crippen LogP contribution in [-0.2, 0) is 13.2 Å². The van der Waals surface area contributed by atoms with E-state index in [1.807, 2.05) is 43.3 Å². The van der Waals surface area contributed by atoms with Crippen LogP contribution in [-0.4, -0.2) is 38.7 Å². The van der Waals surface area contributed by atoms with Gasteiger partial charge >= 0.3 is 0 Å². The summed E-state index contributed by atoms with van der Waals surface area (Å²) in [6, 6.07) is 13.7. The lowest BCUT2D eigenvalue weighted by Gasteiger charge is -2.17. The standard InChI is InChI=1S/C20H27ClN2O2.2ClH/c1-4-24-19-7-5-6-17(14-22-12-13-23(2)3)20(19)25-15-16-8-10-18(21)11-9-16;;/h5-11,22H,4,12-15H2,1-3H3;2*1H. The number of halogens is 3. The molecule has 2 aromatic carbocycles. The van der Waals surface area contributed by atoms with Crippen LogP contribution >= 0.6 is 36.4 Å². The lowest BCUT2D eigenvalue weighted by Crippen LogP contribution is -2.26. The molecule has 1 N–H and O–H groups in total. The van der Waals surface area contributed by atoms with Gasteiger partial charge in [0.05, 0.1) is 6.61 Å². The number of likely N-dealkylation sites (N-methyl/N-ethyl adjacent to an activating group) is 1. The zero-order valence-electron chi connectivity index (χ0n) is 16.0. The summed E-state index contributed by atoms with van der Waals surface area (Å²) >= 11 is 5.94. The number of hydrogen-bond acceptors (Lipinski definition) is 4. The maximum atomic E-state index is 6.11. The van der Waals surface area contributed by atoms with Gasteiger partial charge in [-0.3, -0.25) is 0 Å². The molecule has 0 bridgehead atoms. The van der Waals surface area contributed by atoms with E-state index < -0.39 is 0 Å². The highest BCUT2D eigenvalue weighted by Gasteiger charge is 2.11. The average Bonchev–Trinajstić information content (AvgIpc) is 2.59. The average molecular weight is 436 g/mol. The van der Waals surface area contributed by atoms with Gasteiger partial charge in [0.15, 0.2) is 11.5 Å². The van der Waals surface area contributed by atoms with Crippen LogP contribution in [0.2, 0.25) is 5.02 Å². The monoisotopic (exact) mass is 434 g/mol. The van der Waals surface area contributed by atoms with Gasteiger partial charge < -0.3 is 19.7 Å². The van der Waals surface area contributed by atoms with Crippen molar-refractivity contribution in [1.82, 2.24) is 10.2 Å². The summed E-state index contributed by atoms with van der Waals surface area (Å²) < 4.78 is 11.9. The van der Waals surface area contributed by atoms with Gasteiger partial charge in [-0.05, 0) is 44.8 Å². The summed E-state index contributed by atoms with van der Waals surface area (Å²) in [5.74, 6) is 1.58. The van der Waals surface area contributed by atoms with Crippen LogP contribution in [0.15, 0.2) is 42.5 Å². The Bertz CT molecular complexity index is 652. The zero-order chi connectivity index (χ0) is 18.1. The van der Waals surface area contributed by atoms with Gasteiger partial charge in [0.25, 0.3) is 0 Å².